The summed E-state index contributed by atoms with van der Waals surface area (Å²) in [6.45, 7) is 2.81. The monoisotopic (exact) mass is 633 g/mol. The number of ether oxygens (including phenoxy) is 4. The van der Waals surface area contributed by atoms with Crippen LogP contribution in [0, 0.1) is 0 Å². The van der Waals surface area contributed by atoms with E-state index >= 15 is 0 Å². The fraction of sp³-hybridized carbons (Fsp3) is 0.471. The van der Waals surface area contributed by atoms with Crippen molar-refractivity contribution in [2.24, 2.45) is 0 Å². The van der Waals surface area contributed by atoms with Crippen LogP contribution in [0.3, 0.4) is 0 Å². The van der Waals surface area contributed by atoms with Crippen molar-refractivity contribution in [2.75, 3.05) is 27.9 Å². The van der Waals surface area contributed by atoms with Gasteiger partial charge in [0, 0.05) is 31.1 Å². The first-order valence-corrected chi connectivity index (χ1v) is 15.9. The van der Waals surface area contributed by atoms with Gasteiger partial charge in [0.05, 0.1) is 33.4 Å². The summed E-state index contributed by atoms with van der Waals surface area (Å²) in [6.07, 6.45) is 6.49. The smallest absolute Gasteiger partial charge is 0.332 e. The highest BCUT2D eigenvalue weighted by molar-refractivity contribution is 5.77. The van der Waals surface area contributed by atoms with Crippen LogP contribution in [0.2, 0.25) is 0 Å². The Morgan fingerprint density at radius 1 is 0.957 bits per heavy atom. The largest absolute Gasteiger partial charge is 0.496 e. The predicted octanol–water partition coefficient (Wildman–Crippen LogP) is 4.31. The lowest BCUT2D eigenvalue weighted by Crippen LogP contribution is -2.40. The molecule has 0 saturated heterocycles. The summed E-state index contributed by atoms with van der Waals surface area (Å²) in [5.74, 6) is 3.08. The van der Waals surface area contributed by atoms with Crippen LogP contribution in [0.25, 0.3) is 11.2 Å². The summed E-state index contributed by atoms with van der Waals surface area (Å²) in [6, 6.07) is 11.0. The van der Waals surface area contributed by atoms with E-state index in [1.807, 2.05) is 31.2 Å². The van der Waals surface area contributed by atoms with E-state index in [-0.39, 0.29) is 30.3 Å². The molecule has 2 N–H and O–H groups in total. The number of hydrogen-bond donors (Lipinski definition) is 2. The zero-order valence-electron chi connectivity index (χ0n) is 27.0. The van der Waals surface area contributed by atoms with Crippen LogP contribution >= 0.6 is 0 Å². The number of methoxy groups -OCH3 is 3. The van der Waals surface area contributed by atoms with E-state index in [1.165, 1.54) is 4.57 Å². The van der Waals surface area contributed by atoms with Crippen LogP contribution in [-0.2, 0) is 30.8 Å². The molecule has 246 valence electrons. The van der Waals surface area contributed by atoms with Gasteiger partial charge in [0.2, 0.25) is 0 Å². The standard InChI is InChI=1S/C34H43N5O7/c1-5-16-39-33(41)30-32(37-31(36-30)23-10-6-7-11-23)38(34(39)42)17-8-9-22-12-14-24(15-13-22)46-21-29(40)35-20-26-27(44-3)18-25(43-2)19-28(26)45-4/h12-15,18-19,23H,5-11,16-17,20-21H2,1-4H3,(H,35,40)(H,36,37). The first-order valence-electron chi connectivity index (χ1n) is 15.9. The molecule has 0 aliphatic heterocycles. The molecule has 1 aliphatic rings. The van der Waals surface area contributed by atoms with Crippen LogP contribution < -0.4 is 35.5 Å². The molecular weight excluding hydrogens is 590 g/mol. The minimum atomic E-state index is -0.310. The summed E-state index contributed by atoms with van der Waals surface area (Å²) >= 11 is 0. The van der Waals surface area contributed by atoms with Crippen LogP contribution in [0.1, 0.15) is 68.3 Å². The fourth-order valence-corrected chi connectivity index (χ4v) is 6.03. The van der Waals surface area contributed by atoms with E-state index in [0.29, 0.717) is 78.0 Å². The highest BCUT2D eigenvalue weighted by Crippen LogP contribution is 2.34. The highest BCUT2D eigenvalue weighted by Gasteiger charge is 2.24. The second-order valence-corrected chi connectivity index (χ2v) is 11.5. The minimum absolute atomic E-state index is 0.154. The molecule has 12 heteroatoms. The lowest BCUT2D eigenvalue weighted by molar-refractivity contribution is -0.123. The number of carbonyl (C=O) groups is 1. The Balaban J connectivity index is 1.17. The maximum absolute atomic E-state index is 13.4. The van der Waals surface area contributed by atoms with E-state index in [2.05, 4.69) is 10.3 Å². The topological polar surface area (TPSA) is 139 Å². The van der Waals surface area contributed by atoms with Gasteiger partial charge in [-0.3, -0.25) is 18.7 Å². The lowest BCUT2D eigenvalue weighted by Gasteiger charge is -2.15. The van der Waals surface area contributed by atoms with E-state index < -0.39 is 0 Å². The molecule has 2 aromatic heterocycles. The van der Waals surface area contributed by atoms with Crippen LogP contribution in [-0.4, -0.2) is 52.9 Å². The molecule has 4 aromatic rings. The van der Waals surface area contributed by atoms with Crippen molar-refractivity contribution in [3.8, 4) is 23.0 Å². The number of nitrogens with zero attached hydrogens (tertiary/aromatic N) is 3. The minimum Gasteiger partial charge on any atom is -0.496 e. The number of benzene rings is 2. The lowest BCUT2D eigenvalue weighted by atomic mass is 10.1. The zero-order chi connectivity index (χ0) is 32.6. The third-order valence-electron chi connectivity index (χ3n) is 8.49. The number of carbonyl (C=O) groups excluding carboxylic acids is 1. The van der Waals surface area contributed by atoms with E-state index in [4.69, 9.17) is 23.9 Å². The predicted molar refractivity (Wildman–Crippen MR) is 174 cm³/mol. The van der Waals surface area contributed by atoms with Gasteiger partial charge in [-0.25, -0.2) is 9.78 Å². The number of amides is 1. The third-order valence-corrected chi connectivity index (χ3v) is 8.49. The van der Waals surface area contributed by atoms with Crippen LogP contribution in [0.5, 0.6) is 23.0 Å². The first-order chi connectivity index (χ1) is 22.4. The molecule has 0 bridgehead atoms. The molecule has 2 aromatic carbocycles. The molecule has 2 heterocycles. The van der Waals surface area contributed by atoms with E-state index in [9.17, 15) is 14.4 Å². The Hall–Kier alpha value is -4.74. The second-order valence-electron chi connectivity index (χ2n) is 11.5. The van der Waals surface area contributed by atoms with Gasteiger partial charge in [-0.05, 0) is 49.8 Å². The van der Waals surface area contributed by atoms with Gasteiger partial charge < -0.3 is 29.2 Å². The average Bonchev–Trinajstić information content (AvgIpc) is 3.77. The maximum atomic E-state index is 13.4. The molecule has 1 amide bonds. The number of hydrogen-bond acceptors (Lipinski definition) is 8. The summed E-state index contributed by atoms with van der Waals surface area (Å²) in [4.78, 5) is 47.1. The molecule has 1 aliphatic carbocycles. The van der Waals surface area contributed by atoms with Gasteiger partial charge in [0.25, 0.3) is 11.5 Å². The number of nitrogens with one attached hydrogen (secondary N) is 2. The first kappa shape index (κ1) is 32.6. The summed E-state index contributed by atoms with van der Waals surface area (Å²) < 4.78 is 24.8. The van der Waals surface area contributed by atoms with Gasteiger partial charge in [-0.15, -0.1) is 0 Å². The molecular formula is C34H43N5O7. The zero-order valence-corrected chi connectivity index (χ0v) is 27.0. The summed E-state index contributed by atoms with van der Waals surface area (Å²) in [7, 11) is 4.65. The van der Waals surface area contributed by atoms with E-state index in [0.717, 1.165) is 37.1 Å². The Kier molecular flexibility index (Phi) is 10.7. The number of rotatable bonds is 15. The van der Waals surface area contributed by atoms with Gasteiger partial charge in [0.15, 0.2) is 12.3 Å². The molecule has 0 radical (unpaired) electrons. The molecule has 0 atom stereocenters. The van der Waals surface area contributed by atoms with Crippen molar-refractivity contribution in [1.82, 2.24) is 24.4 Å². The summed E-state index contributed by atoms with van der Waals surface area (Å²) in [5.41, 5.74) is 2.03. The molecule has 46 heavy (non-hydrogen) atoms. The number of aromatic amines is 1. The van der Waals surface area contributed by atoms with Gasteiger partial charge in [-0.2, -0.15) is 0 Å². The molecule has 5 rings (SSSR count). The second kappa shape index (κ2) is 15.0. The number of H-pyrrole nitrogens is 1. The van der Waals surface area contributed by atoms with Crippen molar-refractivity contribution < 1.29 is 23.7 Å². The number of fused-ring (bicyclic) bond motifs is 1. The molecule has 1 fully saturated rings. The van der Waals surface area contributed by atoms with Crippen molar-refractivity contribution in [1.29, 1.82) is 0 Å². The van der Waals surface area contributed by atoms with Gasteiger partial charge in [0.1, 0.15) is 34.3 Å². The molecule has 0 unspecified atom stereocenters. The van der Waals surface area contributed by atoms with E-state index in [1.54, 1.807) is 38.0 Å². The normalized spacial score (nSPS) is 13.2. The average molecular weight is 634 g/mol. The van der Waals surface area contributed by atoms with Crippen LogP contribution in [0.15, 0.2) is 46.0 Å². The Morgan fingerprint density at radius 2 is 1.65 bits per heavy atom. The third kappa shape index (κ3) is 7.21. The summed E-state index contributed by atoms with van der Waals surface area (Å²) in [5, 5.41) is 2.84. The van der Waals surface area contributed by atoms with Crippen molar-refractivity contribution >= 4 is 17.1 Å². The quantitative estimate of drug-likeness (QED) is 0.198. The van der Waals surface area contributed by atoms with Crippen LogP contribution in [0.4, 0.5) is 0 Å². The van der Waals surface area contributed by atoms with Gasteiger partial charge in [-0.1, -0.05) is 31.9 Å². The maximum Gasteiger partial charge on any atom is 0.332 e. The number of imidazole rings is 1. The van der Waals surface area contributed by atoms with Crippen molar-refractivity contribution in [2.45, 2.75) is 77.4 Å². The Bertz CT molecular complexity index is 1740. The molecule has 0 spiro atoms. The van der Waals surface area contributed by atoms with Gasteiger partial charge >= 0.3 is 5.69 Å². The Morgan fingerprint density at radius 3 is 2.28 bits per heavy atom. The highest BCUT2D eigenvalue weighted by atomic mass is 16.5. The fourth-order valence-electron chi connectivity index (χ4n) is 6.03. The SMILES string of the molecule is CCCn1c(=O)c2[nH]c(C3CCCC3)nc2n(CCCc2ccc(OCC(=O)NCc3c(OC)cc(OC)cc3OC)cc2)c1=O. The van der Waals surface area contributed by atoms with Crippen molar-refractivity contribution in [3.05, 3.63) is 74.2 Å². The van der Waals surface area contributed by atoms with Crippen molar-refractivity contribution in [3.63, 3.8) is 0 Å². The Labute approximate surface area is 267 Å². The molecule has 1 saturated carbocycles. The molecule has 12 nitrogen and oxygen atoms in total. The number of aromatic nitrogens is 4. The number of aryl methyl sites for hydroxylation is 2.